The van der Waals surface area contributed by atoms with Crippen LogP contribution in [0.4, 0.5) is 4.39 Å². The van der Waals surface area contributed by atoms with Crippen molar-refractivity contribution >= 4 is 17.2 Å². The van der Waals surface area contributed by atoms with Crippen molar-refractivity contribution in [1.29, 1.82) is 0 Å². The summed E-state index contributed by atoms with van der Waals surface area (Å²) >= 11 is 1.52. The van der Waals surface area contributed by atoms with Gasteiger partial charge in [-0.25, -0.2) is 14.1 Å². The first kappa shape index (κ1) is 17.6. The topological polar surface area (TPSA) is 51.0 Å². The van der Waals surface area contributed by atoms with E-state index in [0.717, 1.165) is 18.0 Å². The number of aromatic nitrogens is 3. The van der Waals surface area contributed by atoms with Crippen LogP contribution >= 0.6 is 11.3 Å². The molecule has 0 radical (unpaired) electrons. The standard InChI is InChI=1S/C21H21FN4OS/c22-16-7-3-8-17(11-16)26-20(18-9-4-10-28-18)23-19(24-26)21(27)25-12-14-5-1-2-6-15(14)13-25/h3-4,7-11,14-15H,1-2,5-6,12-13H2. The highest BCUT2D eigenvalue weighted by Gasteiger charge is 2.38. The molecule has 2 fully saturated rings. The number of amides is 1. The van der Waals surface area contributed by atoms with Crippen molar-refractivity contribution in [3.63, 3.8) is 0 Å². The van der Waals surface area contributed by atoms with Gasteiger partial charge in [0.05, 0.1) is 10.6 Å². The summed E-state index contributed by atoms with van der Waals surface area (Å²) in [5.41, 5.74) is 0.560. The second kappa shape index (κ2) is 7.13. The third-order valence-corrected chi connectivity index (χ3v) is 6.72. The summed E-state index contributed by atoms with van der Waals surface area (Å²) in [5.74, 6) is 1.51. The van der Waals surface area contributed by atoms with Crippen LogP contribution in [0.25, 0.3) is 16.4 Å². The molecule has 1 aliphatic heterocycles. The Morgan fingerprint density at radius 3 is 2.57 bits per heavy atom. The fraction of sp³-hybridized carbons (Fsp3) is 0.381. The van der Waals surface area contributed by atoms with Crippen molar-refractivity contribution in [2.24, 2.45) is 11.8 Å². The molecule has 0 bridgehead atoms. The van der Waals surface area contributed by atoms with Gasteiger partial charge >= 0.3 is 0 Å². The zero-order valence-electron chi connectivity index (χ0n) is 15.4. The molecule has 0 spiro atoms. The van der Waals surface area contributed by atoms with E-state index < -0.39 is 0 Å². The van der Waals surface area contributed by atoms with E-state index in [0.29, 0.717) is 23.3 Å². The molecule has 1 amide bonds. The predicted octanol–water partition coefficient (Wildman–Crippen LogP) is 4.40. The minimum atomic E-state index is -0.346. The summed E-state index contributed by atoms with van der Waals surface area (Å²) in [5, 5.41) is 6.44. The zero-order chi connectivity index (χ0) is 19.1. The van der Waals surface area contributed by atoms with Gasteiger partial charge < -0.3 is 4.90 Å². The van der Waals surface area contributed by atoms with E-state index in [9.17, 15) is 9.18 Å². The SMILES string of the molecule is O=C(c1nc(-c2cccs2)n(-c2cccc(F)c2)n1)N1CC2CCCCC2C1. The van der Waals surface area contributed by atoms with Gasteiger partial charge in [-0.05, 0) is 54.3 Å². The third kappa shape index (κ3) is 3.13. The maximum atomic E-state index is 13.8. The number of rotatable bonds is 3. The van der Waals surface area contributed by atoms with E-state index in [-0.39, 0.29) is 17.5 Å². The highest BCUT2D eigenvalue weighted by molar-refractivity contribution is 7.13. The number of hydrogen-bond acceptors (Lipinski definition) is 4. The Balaban J connectivity index is 1.50. The highest BCUT2D eigenvalue weighted by Crippen LogP contribution is 2.36. The van der Waals surface area contributed by atoms with Gasteiger partial charge in [0.1, 0.15) is 5.82 Å². The van der Waals surface area contributed by atoms with Crippen LogP contribution in [0.3, 0.4) is 0 Å². The van der Waals surface area contributed by atoms with E-state index in [4.69, 9.17) is 0 Å². The molecule has 28 heavy (non-hydrogen) atoms. The van der Waals surface area contributed by atoms with Gasteiger partial charge in [0.25, 0.3) is 5.91 Å². The fourth-order valence-corrected chi connectivity index (χ4v) is 5.17. The summed E-state index contributed by atoms with van der Waals surface area (Å²) < 4.78 is 15.3. The van der Waals surface area contributed by atoms with Gasteiger partial charge in [-0.3, -0.25) is 4.79 Å². The number of benzene rings is 1. The van der Waals surface area contributed by atoms with Crippen LogP contribution < -0.4 is 0 Å². The zero-order valence-corrected chi connectivity index (χ0v) is 16.2. The van der Waals surface area contributed by atoms with Gasteiger partial charge in [-0.15, -0.1) is 16.4 Å². The molecule has 5 nitrogen and oxygen atoms in total. The Morgan fingerprint density at radius 1 is 1.11 bits per heavy atom. The first-order valence-electron chi connectivity index (χ1n) is 9.75. The average molecular weight is 396 g/mol. The average Bonchev–Trinajstić information content (AvgIpc) is 3.45. The van der Waals surface area contributed by atoms with E-state index in [2.05, 4.69) is 10.1 Å². The third-order valence-electron chi connectivity index (χ3n) is 5.86. The van der Waals surface area contributed by atoms with Gasteiger partial charge in [-0.2, -0.15) is 0 Å². The molecule has 0 N–H and O–H groups in total. The van der Waals surface area contributed by atoms with E-state index >= 15 is 0 Å². The van der Waals surface area contributed by atoms with E-state index in [1.54, 1.807) is 16.8 Å². The van der Waals surface area contributed by atoms with Crippen molar-refractivity contribution in [2.75, 3.05) is 13.1 Å². The molecule has 7 heteroatoms. The molecule has 1 aromatic carbocycles. The first-order chi connectivity index (χ1) is 13.7. The lowest BCUT2D eigenvalue weighted by atomic mass is 9.82. The maximum Gasteiger partial charge on any atom is 0.293 e. The van der Waals surface area contributed by atoms with Crippen LogP contribution in [-0.2, 0) is 0 Å². The lowest BCUT2D eigenvalue weighted by molar-refractivity contribution is 0.0772. The van der Waals surface area contributed by atoms with Crippen LogP contribution in [0.1, 0.15) is 36.3 Å². The summed E-state index contributed by atoms with van der Waals surface area (Å²) in [6, 6.07) is 10.1. The van der Waals surface area contributed by atoms with Gasteiger partial charge in [0.15, 0.2) is 5.82 Å². The number of likely N-dealkylation sites (tertiary alicyclic amines) is 1. The Morgan fingerprint density at radius 2 is 1.89 bits per heavy atom. The predicted molar refractivity (Wildman–Crippen MR) is 106 cm³/mol. The number of hydrogen-bond donors (Lipinski definition) is 0. The molecule has 2 aromatic heterocycles. The molecule has 144 valence electrons. The molecule has 1 saturated heterocycles. The van der Waals surface area contributed by atoms with Crippen LogP contribution in [-0.4, -0.2) is 38.7 Å². The van der Waals surface area contributed by atoms with Crippen LogP contribution in [0.5, 0.6) is 0 Å². The second-order valence-corrected chi connectivity index (χ2v) is 8.59. The molecule has 3 heterocycles. The molecule has 3 aromatic rings. The molecule has 1 aliphatic carbocycles. The molecule has 2 atom stereocenters. The minimum Gasteiger partial charge on any atom is -0.335 e. The Hall–Kier alpha value is -2.54. The van der Waals surface area contributed by atoms with Crippen molar-refractivity contribution < 1.29 is 9.18 Å². The second-order valence-electron chi connectivity index (χ2n) is 7.64. The molecule has 5 rings (SSSR count). The quantitative estimate of drug-likeness (QED) is 0.659. The Labute approximate surface area is 166 Å². The molecular formula is C21H21FN4OS. The van der Waals surface area contributed by atoms with Crippen molar-refractivity contribution in [3.05, 3.63) is 53.4 Å². The summed E-state index contributed by atoms with van der Waals surface area (Å²) in [7, 11) is 0. The lowest BCUT2D eigenvalue weighted by Gasteiger charge is -2.22. The molecular weight excluding hydrogens is 375 g/mol. The lowest BCUT2D eigenvalue weighted by Crippen LogP contribution is -2.30. The van der Waals surface area contributed by atoms with Gasteiger partial charge in [-0.1, -0.05) is 25.0 Å². The number of fused-ring (bicyclic) bond motifs is 1. The number of nitrogens with zero attached hydrogens (tertiary/aromatic N) is 4. The van der Waals surface area contributed by atoms with Crippen LogP contribution in [0, 0.1) is 17.7 Å². The van der Waals surface area contributed by atoms with E-state index in [1.165, 1.54) is 49.2 Å². The number of carbonyl (C=O) groups is 1. The molecule has 2 aliphatic rings. The highest BCUT2D eigenvalue weighted by atomic mass is 32.1. The van der Waals surface area contributed by atoms with Crippen LogP contribution in [0.2, 0.25) is 0 Å². The fourth-order valence-electron chi connectivity index (χ4n) is 4.47. The number of thiophene rings is 1. The van der Waals surface area contributed by atoms with Crippen molar-refractivity contribution in [1.82, 2.24) is 19.7 Å². The monoisotopic (exact) mass is 396 g/mol. The molecule has 2 unspecified atom stereocenters. The number of halogens is 1. The van der Waals surface area contributed by atoms with Crippen molar-refractivity contribution in [3.8, 4) is 16.4 Å². The largest absolute Gasteiger partial charge is 0.335 e. The smallest absolute Gasteiger partial charge is 0.293 e. The summed E-state index contributed by atoms with van der Waals surface area (Å²) in [4.78, 5) is 20.5. The Bertz CT molecular complexity index is 986. The van der Waals surface area contributed by atoms with Crippen molar-refractivity contribution in [2.45, 2.75) is 25.7 Å². The summed E-state index contributed by atoms with van der Waals surface area (Å²) in [6.07, 6.45) is 4.94. The Kier molecular flexibility index (Phi) is 4.47. The van der Waals surface area contributed by atoms with Gasteiger partial charge in [0, 0.05) is 13.1 Å². The number of carbonyl (C=O) groups excluding carboxylic acids is 1. The normalized spacial score (nSPS) is 21.7. The molecule has 1 saturated carbocycles. The van der Waals surface area contributed by atoms with Gasteiger partial charge in [0.2, 0.25) is 5.82 Å². The maximum absolute atomic E-state index is 13.8. The minimum absolute atomic E-state index is 0.123. The van der Waals surface area contributed by atoms with Crippen LogP contribution in [0.15, 0.2) is 41.8 Å². The summed E-state index contributed by atoms with van der Waals surface area (Å²) in [6.45, 7) is 1.60. The van der Waals surface area contributed by atoms with E-state index in [1.807, 2.05) is 22.4 Å². The first-order valence-corrected chi connectivity index (χ1v) is 10.6.